The highest BCUT2D eigenvalue weighted by atomic mass is 79.9. The normalized spacial score (nSPS) is 26.8. The second kappa shape index (κ2) is 4.63. The molecule has 0 N–H and O–H groups in total. The highest BCUT2D eigenvalue weighted by Gasteiger charge is 2.51. The van der Waals surface area contributed by atoms with Crippen molar-refractivity contribution >= 4 is 15.9 Å². The molecule has 96 valence electrons. The summed E-state index contributed by atoms with van der Waals surface area (Å²) in [7, 11) is 0. The van der Waals surface area contributed by atoms with Crippen LogP contribution in [0.15, 0.2) is 0 Å². The number of rotatable bonds is 1. The Hall–Kier alpha value is 0.480. The Morgan fingerprint density at radius 2 is 1.56 bits per heavy atom. The van der Waals surface area contributed by atoms with Gasteiger partial charge in [0.25, 0.3) is 0 Å². The van der Waals surface area contributed by atoms with E-state index in [1.54, 1.807) is 0 Å². The van der Waals surface area contributed by atoms with Crippen LogP contribution in [-0.2, 0) is 0 Å². The molecule has 0 amide bonds. The maximum Gasteiger partial charge on any atom is 0.00598 e. The molecule has 0 bridgehead atoms. The van der Waals surface area contributed by atoms with Crippen LogP contribution in [0.2, 0.25) is 0 Å². The predicted octanol–water partition coefficient (Wildman–Crippen LogP) is 5.65. The Bertz CT molecular complexity index is 215. The van der Waals surface area contributed by atoms with Crippen LogP contribution in [-0.4, -0.2) is 5.33 Å². The van der Waals surface area contributed by atoms with Crippen molar-refractivity contribution in [3.8, 4) is 0 Å². The molecule has 16 heavy (non-hydrogen) atoms. The van der Waals surface area contributed by atoms with E-state index < -0.39 is 0 Å². The third-order valence-corrected chi connectivity index (χ3v) is 5.86. The van der Waals surface area contributed by atoms with Crippen LogP contribution in [0.5, 0.6) is 0 Å². The minimum atomic E-state index is 0.409. The van der Waals surface area contributed by atoms with Crippen molar-refractivity contribution in [1.82, 2.24) is 0 Å². The van der Waals surface area contributed by atoms with Gasteiger partial charge in [-0.25, -0.2) is 0 Å². The number of hydrogen-bond donors (Lipinski definition) is 0. The summed E-state index contributed by atoms with van der Waals surface area (Å²) in [4.78, 5) is 0. The zero-order valence-corrected chi connectivity index (χ0v) is 13.6. The first-order valence-corrected chi connectivity index (χ1v) is 7.82. The lowest BCUT2D eigenvalue weighted by Gasteiger charge is -2.57. The van der Waals surface area contributed by atoms with Crippen molar-refractivity contribution in [2.45, 2.75) is 67.2 Å². The highest BCUT2D eigenvalue weighted by Crippen LogP contribution is 2.60. The average Bonchev–Trinajstić information content (AvgIpc) is 2.14. The third-order valence-electron chi connectivity index (χ3n) is 4.94. The molecular weight excluding hydrogens is 260 g/mol. The fourth-order valence-corrected chi connectivity index (χ4v) is 4.56. The standard InChI is InChI=1S/C15H29Br/c1-13(2,3)15(14(4,5)6)9-7-8-12(10-15)11-16/h12H,7-11H2,1-6H3. The molecule has 1 heteroatoms. The Morgan fingerprint density at radius 1 is 1.06 bits per heavy atom. The lowest BCUT2D eigenvalue weighted by atomic mass is 9.48. The first kappa shape index (κ1) is 14.5. The van der Waals surface area contributed by atoms with Crippen LogP contribution in [0.4, 0.5) is 0 Å². The minimum Gasteiger partial charge on any atom is -0.0925 e. The smallest absolute Gasteiger partial charge is 0.00598 e. The van der Waals surface area contributed by atoms with Gasteiger partial charge in [0.2, 0.25) is 0 Å². The molecule has 1 atom stereocenters. The molecule has 0 aromatic carbocycles. The van der Waals surface area contributed by atoms with Crippen molar-refractivity contribution < 1.29 is 0 Å². The van der Waals surface area contributed by atoms with E-state index in [4.69, 9.17) is 0 Å². The Balaban J connectivity index is 3.06. The fourth-order valence-electron chi connectivity index (χ4n) is 4.01. The van der Waals surface area contributed by atoms with E-state index in [1.807, 2.05) is 0 Å². The maximum absolute atomic E-state index is 3.70. The maximum atomic E-state index is 3.70. The van der Waals surface area contributed by atoms with Crippen LogP contribution in [0, 0.1) is 22.2 Å². The molecule has 0 aliphatic heterocycles. The number of halogens is 1. The van der Waals surface area contributed by atoms with Gasteiger partial charge in [-0.3, -0.25) is 0 Å². The summed E-state index contributed by atoms with van der Waals surface area (Å²) in [5, 5.41) is 1.18. The van der Waals surface area contributed by atoms with Crippen molar-refractivity contribution in [2.75, 3.05) is 5.33 Å². The first-order chi connectivity index (χ1) is 7.14. The predicted molar refractivity (Wildman–Crippen MR) is 77.1 cm³/mol. The molecule has 0 saturated heterocycles. The molecule has 0 aromatic heterocycles. The van der Waals surface area contributed by atoms with Crippen LogP contribution in [0.25, 0.3) is 0 Å². The fraction of sp³-hybridized carbons (Fsp3) is 1.00. The van der Waals surface area contributed by atoms with Crippen LogP contribution in [0.1, 0.15) is 67.2 Å². The molecule has 0 radical (unpaired) electrons. The van der Waals surface area contributed by atoms with Gasteiger partial charge in [0.1, 0.15) is 0 Å². The van der Waals surface area contributed by atoms with E-state index in [0.29, 0.717) is 16.2 Å². The van der Waals surface area contributed by atoms with Crippen molar-refractivity contribution in [3.05, 3.63) is 0 Å². The summed E-state index contributed by atoms with van der Waals surface area (Å²) < 4.78 is 0. The number of hydrogen-bond acceptors (Lipinski definition) is 0. The van der Waals surface area contributed by atoms with E-state index in [0.717, 1.165) is 5.92 Å². The summed E-state index contributed by atoms with van der Waals surface area (Å²) in [5.74, 6) is 0.882. The molecule has 1 aliphatic rings. The van der Waals surface area contributed by atoms with E-state index >= 15 is 0 Å². The third kappa shape index (κ3) is 2.49. The molecule has 1 fully saturated rings. The van der Waals surface area contributed by atoms with E-state index in [-0.39, 0.29) is 0 Å². The van der Waals surface area contributed by atoms with Gasteiger partial charge in [0.05, 0.1) is 0 Å². The van der Waals surface area contributed by atoms with Crippen LogP contribution in [0.3, 0.4) is 0 Å². The minimum absolute atomic E-state index is 0.409. The summed E-state index contributed by atoms with van der Waals surface area (Å²) in [6, 6.07) is 0. The Labute approximate surface area is 111 Å². The summed E-state index contributed by atoms with van der Waals surface area (Å²) >= 11 is 3.70. The Morgan fingerprint density at radius 3 is 1.94 bits per heavy atom. The SMILES string of the molecule is CC(C)(C)C1(C(C)(C)C)CCCC(CBr)C1. The highest BCUT2D eigenvalue weighted by molar-refractivity contribution is 9.09. The monoisotopic (exact) mass is 288 g/mol. The lowest BCUT2D eigenvalue weighted by molar-refractivity contribution is -0.0770. The molecule has 1 saturated carbocycles. The van der Waals surface area contributed by atoms with Gasteiger partial charge < -0.3 is 0 Å². The molecule has 1 rings (SSSR count). The van der Waals surface area contributed by atoms with Crippen molar-refractivity contribution in [1.29, 1.82) is 0 Å². The van der Waals surface area contributed by atoms with Gasteiger partial charge in [0.15, 0.2) is 0 Å². The molecule has 1 unspecified atom stereocenters. The van der Waals surface area contributed by atoms with Gasteiger partial charge in [-0.1, -0.05) is 63.9 Å². The van der Waals surface area contributed by atoms with Gasteiger partial charge in [-0.15, -0.1) is 0 Å². The molecule has 1 aliphatic carbocycles. The van der Waals surface area contributed by atoms with Gasteiger partial charge in [-0.2, -0.15) is 0 Å². The second-order valence-electron chi connectivity index (χ2n) is 7.70. The van der Waals surface area contributed by atoms with Crippen LogP contribution >= 0.6 is 15.9 Å². The van der Waals surface area contributed by atoms with Crippen LogP contribution < -0.4 is 0 Å². The topological polar surface area (TPSA) is 0 Å². The van der Waals surface area contributed by atoms with E-state index in [1.165, 1.54) is 31.0 Å². The summed E-state index contributed by atoms with van der Waals surface area (Å²) in [6.45, 7) is 14.6. The van der Waals surface area contributed by atoms with E-state index in [9.17, 15) is 0 Å². The first-order valence-electron chi connectivity index (χ1n) is 6.70. The molecule has 0 aromatic rings. The summed E-state index contributed by atoms with van der Waals surface area (Å²) in [5.41, 5.74) is 1.31. The van der Waals surface area contributed by atoms with E-state index in [2.05, 4.69) is 57.5 Å². The summed E-state index contributed by atoms with van der Waals surface area (Å²) in [6.07, 6.45) is 5.62. The average molecular weight is 289 g/mol. The second-order valence-corrected chi connectivity index (χ2v) is 8.35. The molecule has 0 heterocycles. The zero-order valence-electron chi connectivity index (χ0n) is 12.0. The van der Waals surface area contributed by atoms with Crippen molar-refractivity contribution in [3.63, 3.8) is 0 Å². The van der Waals surface area contributed by atoms with Gasteiger partial charge in [-0.05, 0) is 41.4 Å². The molecule has 0 spiro atoms. The number of alkyl halides is 1. The molecule has 0 nitrogen and oxygen atoms in total. The zero-order chi connectivity index (χ0) is 12.6. The van der Waals surface area contributed by atoms with Gasteiger partial charge >= 0.3 is 0 Å². The Kier molecular flexibility index (Phi) is 4.21. The quantitative estimate of drug-likeness (QED) is 0.547. The van der Waals surface area contributed by atoms with Gasteiger partial charge in [0, 0.05) is 5.33 Å². The molecular formula is C15H29Br. The largest absolute Gasteiger partial charge is 0.0925 e. The van der Waals surface area contributed by atoms with Crippen molar-refractivity contribution in [2.24, 2.45) is 22.2 Å². The lowest BCUT2D eigenvalue weighted by Crippen LogP contribution is -2.49.